The lowest BCUT2D eigenvalue weighted by atomic mass is 10.0. The highest BCUT2D eigenvalue weighted by molar-refractivity contribution is 7.90. The predicted octanol–water partition coefficient (Wildman–Crippen LogP) is 0.433. The van der Waals surface area contributed by atoms with Gasteiger partial charge in [-0.3, -0.25) is 4.79 Å². The van der Waals surface area contributed by atoms with Crippen LogP contribution in [0.15, 0.2) is 0 Å². The van der Waals surface area contributed by atoms with Crippen LogP contribution < -0.4 is 10.5 Å². The van der Waals surface area contributed by atoms with Crippen LogP contribution in [-0.4, -0.2) is 48.6 Å². The zero-order valence-electron chi connectivity index (χ0n) is 13.1. The van der Waals surface area contributed by atoms with Gasteiger partial charge in [-0.05, 0) is 47.5 Å². The highest BCUT2D eigenvalue weighted by Gasteiger charge is 2.35. The number of sulfonamides is 1. The van der Waals surface area contributed by atoms with Gasteiger partial charge in [0, 0.05) is 19.1 Å². The molecule has 0 spiro atoms. The fraction of sp³-hybridized carbons (Fsp3) is 0.923. The number of hydrogen-bond acceptors (Lipinski definition) is 4. The van der Waals surface area contributed by atoms with Crippen LogP contribution in [0.4, 0.5) is 0 Å². The topological polar surface area (TPSA) is 92.5 Å². The Morgan fingerprint density at radius 2 is 1.60 bits per heavy atom. The Morgan fingerprint density at radius 1 is 1.15 bits per heavy atom. The maximum atomic E-state index is 12.1. The largest absolute Gasteiger partial charge is 0.341 e. The van der Waals surface area contributed by atoms with Gasteiger partial charge in [0.1, 0.15) is 0 Å². The first-order chi connectivity index (χ1) is 8.84. The molecule has 20 heavy (non-hydrogen) atoms. The lowest BCUT2D eigenvalue weighted by molar-refractivity contribution is -0.136. The third-order valence-electron chi connectivity index (χ3n) is 3.46. The Labute approximate surface area is 122 Å². The van der Waals surface area contributed by atoms with E-state index in [9.17, 15) is 13.2 Å². The van der Waals surface area contributed by atoms with Crippen molar-refractivity contribution in [2.75, 3.05) is 13.1 Å². The summed E-state index contributed by atoms with van der Waals surface area (Å²) in [4.78, 5) is 13.7. The van der Waals surface area contributed by atoms with Crippen LogP contribution in [0.5, 0.6) is 0 Å². The Balaban J connectivity index is 2.58. The molecule has 1 aliphatic heterocycles. The summed E-state index contributed by atoms with van der Waals surface area (Å²) >= 11 is 0. The van der Waals surface area contributed by atoms with Gasteiger partial charge in [0.15, 0.2) is 0 Å². The average Bonchev–Trinajstić information content (AvgIpc) is 2.26. The molecule has 0 aliphatic carbocycles. The monoisotopic (exact) mass is 305 g/mol. The molecule has 1 heterocycles. The molecule has 118 valence electrons. The number of nitrogens with one attached hydrogen (secondary N) is 1. The molecule has 1 saturated heterocycles. The van der Waals surface area contributed by atoms with Crippen LogP contribution in [0, 0.1) is 0 Å². The number of nitrogens with two attached hydrogens (primary N) is 1. The molecule has 3 N–H and O–H groups in total. The first-order valence-electron chi connectivity index (χ1n) is 6.95. The highest BCUT2D eigenvalue weighted by atomic mass is 32.2. The number of piperidine rings is 1. The minimum Gasteiger partial charge on any atom is -0.341 e. The van der Waals surface area contributed by atoms with E-state index < -0.39 is 20.3 Å². The zero-order chi connectivity index (χ0) is 15.8. The van der Waals surface area contributed by atoms with Gasteiger partial charge in [-0.25, -0.2) is 13.1 Å². The molecular weight excluding hydrogens is 278 g/mol. The van der Waals surface area contributed by atoms with Crippen molar-refractivity contribution in [2.24, 2.45) is 5.73 Å². The van der Waals surface area contributed by atoms with Crippen molar-refractivity contribution >= 4 is 15.9 Å². The number of rotatable bonds is 3. The summed E-state index contributed by atoms with van der Waals surface area (Å²) in [7, 11) is -3.34. The van der Waals surface area contributed by atoms with Gasteiger partial charge in [-0.2, -0.15) is 0 Å². The van der Waals surface area contributed by atoms with Crippen molar-refractivity contribution in [1.82, 2.24) is 9.62 Å². The maximum Gasteiger partial charge on any atom is 0.242 e. The minimum absolute atomic E-state index is 0.0883. The summed E-state index contributed by atoms with van der Waals surface area (Å²) in [5.41, 5.74) is 4.92. The van der Waals surface area contributed by atoms with Gasteiger partial charge >= 0.3 is 0 Å². The summed E-state index contributed by atoms with van der Waals surface area (Å²) in [5, 5.41) is 0. The molecule has 0 bridgehead atoms. The molecule has 1 fully saturated rings. The van der Waals surface area contributed by atoms with Crippen LogP contribution in [0.2, 0.25) is 0 Å². The Hall–Kier alpha value is -0.660. The quantitative estimate of drug-likeness (QED) is 0.791. The van der Waals surface area contributed by atoms with E-state index in [1.54, 1.807) is 39.5 Å². The van der Waals surface area contributed by atoms with Crippen molar-refractivity contribution in [3.8, 4) is 0 Å². The Kier molecular flexibility index (Phi) is 4.88. The van der Waals surface area contributed by atoms with Crippen LogP contribution in [-0.2, 0) is 14.8 Å². The summed E-state index contributed by atoms with van der Waals surface area (Å²) in [6, 6.07) is -0.107. The van der Waals surface area contributed by atoms with E-state index in [0.29, 0.717) is 25.9 Å². The molecule has 0 atom stereocenters. The fourth-order valence-electron chi connectivity index (χ4n) is 2.00. The van der Waals surface area contributed by atoms with Crippen molar-refractivity contribution in [1.29, 1.82) is 0 Å². The second-order valence-corrected chi connectivity index (χ2v) is 9.49. The highest BCUT2D eigenvalue weighted by Crippen LogP contribution is 2.19. The SMILES string of the molecule is CC(C)(N)C(=O)N1CCC(NS(=O)(=O)C(C)(C)C)CC1. The molecule has 1 amide bonds. The molecule has 0 aromatic heterocycles. The minimum atomic E-state index is -3.34. The van der Waals surface area contributed by atoms with Crippen molar-refractivity contribution in [2.45, 2.75) is 63.8 Å². The summed E-state index contributed by atoms with van der Waals surface area (Å²) < 4.78 is 26.1. The van der Waals surface area contributed by atoms with Crippen LogP contribution in [0.3, 0.4) is 0 Å². The first-order valence-corrected chi connectivity index (χ1v) is 8.43. The van der Waals surface area contributed by atoms with Gasteiger partial charge in [-0.1, -0.05) is 0 Å². The number of likely N-dealkylation sites (tertiary alicyclic amines) is 1. The van der Waals surface area contributed by atoms with Crippen LogP contribution in [0.25, 0.3) is 0 Å². The maximum absolute atomic E-state index is 12.1. The zero-order valence-corrected chi connectivity index (χ0v) is 13.9. The van der Waals surface area contributed by atoms with Gasteiger partial charge in [-0.15, -0.1) is 0 Å². The van der Waals surface area contributed by atoms with E-state index in [0.717, 1.165) is 0 Å². The van der Waals surface area contributed by atoms with Crippen LogP contribution >= 0.6 is 0 Å². The normalized spacial score (nSPS) is 19.2. The Bertz CT molecular complexity index is 452. The molecule has 0 radical (unpaired) electrons. The second kappa shape index (κ2) is 5.61. The third-order valence-corrected chi connectivity index (χ3v) is 5.72. The van der Waals surface area contributed by atoms with Crippen LogP contribution in [0.1, 0.15) is 47.5 Å². The summed E-state index contributed by atoms with van der Waals surface area (Å²) in [5.74, 6) is -0.0883. The summed E-state index contributed by atoms with van der Waals surface area (Å²) in [6.45, 7) is 9.46. The molecular formula is C13H27N3O3S. The van der Waals surface area contributed by atoms with E-state index >= 15 is 0 Å². The van der Waals surface area contributed by atoms with Gasteiger partial charge in [0.05, 0.1) is 10.3 Å². The van der Waals surface area contributed by atoms with E-state index in [2.05, 4.69) is 4.72 Å². The number of amides is 1. The summed E-state index contributed by atoms with van der Waals surface area (Å²) in [6.07, 6.45) is 1.24. The molecule has 6 nitrogen and oxygen atoms in total. The van der Waals surface area contributed by atoms with Crippen molar-refractivity contribution in [3.63, 3.8) is 0 Å². The number of nitrogens with zero attached hydrogens (tertiary/aromatic N) is 1. The smallest absolute Gasteiger partial charge is 0.242 e. The first kappa shape index (κ1) is 17.4. The van der Waals surface area contributed by atoms with E-state index in [4.69, 9.17) is 5.73 Å². The second-order valence-electron chi connectivity index (χ2n) is 7.02. The molecule has 0 unspecified atom stereocenters. The Morgan fingerprint density at radius 3 is 1.95 bits per heavy atom. The fourth-order valence-corrected chi connectivity index (χ4v) is 3.03. The number of carbonyl (C=O) groups is 1. The van der Waals surface area contributed by atoms with Crippen molar-refractivity contribution < 1.29 is 13.2 Å². The molecule has 0 saturated carbocycles. The lowest BCUT2D eigenvalue weighted by Gasteiger charge is -2.36. The van der Waals surface area contributed by atoms with Gasteiger partial charge in [0.2, 0.25) is 15.9 Å². The van der Waals surface area contributed by atoms with Gasteiger partial charge in [0.25, 0.3) is 0 Å². The average molecular weight is 305 g/mol. The van der Waals surface area contributed by atoms with Crippen molar-refractivity contribution in [3.05, 3.63) is 0 Å². The molecule has 1 aliphatic rings. The van der Waals surface area contributed by atoms with E-state index in [-0.39, 0.29) is 11.9 Å². The predicted molar refractivity (Wildman–Crippen MR) is 79.7 cm³/mol. The number of hydrogen-bond donors (Lipinski definition) is 2. The number of carbonyl (C=O) groups excluding carboxylic acids is 1. The molecule has 1 rings (SSSR count). The standard InChI is InChI=1S/C13H27N3O3S/c1-12(2,3)20(18,19)15-10-6-8-16(9-7-10)11(17)13(4,5)14/h10,15H,6-9,14H2,1-5H3. The molecule has 0 aromatic carbocycles. The van der Waals surface area contributed by atoms with E-state index in [1.807, 2.05) is 0 Å². The molecule has 0 aromatic rings. The molecule has 7 heteroatoms. The van der Waals surface area contributed by atoms with E-state index in [1.165, 1.54) is 0 Å². The van der Waals surface area contributed by atoms with Gasteiger partial charge < -0.3 is 10.6 Å². The third kappa shape index (κ3) is 4.17. The lowest BCUT2D eigenvalue weighted by Crippen LogP contribution is -2.56.